The van der Waals surface area contributed by atoms with Crippen molar-refractivity contribution in [2.24, 2.45) is 0 Å². The third-order valence-electron chi connectivity index (χ3n) is 2.06. The summed E-state index contributed by atoms with van der Waals surface area (Å²) < 4.78 is 6.79. The average Bonchev–Trinajstić information content (AvgIpc) is 2.64. The van der Waals surface area contributed by atoms with E-state index in [1.807, 2.05) is 6.92 Å². The minimum Gasteiger partial charge on any atom is -0.494 e. The van der Waals surface area contributed by atoms with Crippen molar-refractivity contribution < 1.29 is 4.74 Å². The lowest BCUT2D eigenvalue weighted by Crippen LogP contribution is -2.03. The lowest BCUT2D eigenvalue weighted by molar-refractivity contribution is 0.411. The normalized spacial score (nSPS) is 10.3. The number of benzene rings is 1. The molecule has 0 unspecified atom stereocenters. The molecule has 2 rings (SSSR count). The van der Waals surface area contributed by atoms with Gasteiger partial charge in [0.25, 0.3) is 0 Å². The Labute approximate surface area is 86.7 Å². The van der Waals surface area contributed by atoms with Gasteiger partial charge in [0.1, 0.15) is 11.4 Å². The Balaban J connectivity index is 2.60. The number of methoxy groups -OCH3 is 1. The second kappa shape index (κ2) is 3.56. The number of nitrogens with two attached hydrogens (primary N) is 1. The van der Waals surface area contributed by atoms with Gasteiger partial charge >= 0.3 is 0 Å². The molecule has 0 bridgehead atoms. The van der Waals surface area contributed by atoms with E-state index in [-0.39, 0.29) is 0 Å². The first-order valence-corrected chi connectivity index (χ1v) is 4.41. The molecule has 0 fully saturated rings. The van der Waals surface area contributed by atoms with Gasteiger partial charge in [-0.05, 0) is 35.5 Å². The molecule has 0 aliphatic heterocycles. The molecule has 2 N–H and O–H groups in total. The van der Waals surface area contributed by atoms with E-state index in [1.54, 1.807) is 30.0 Å². The van der Waals surface area contributed by atoms with Crippen LogP contribution in [0.2, 0.25) is 0 Å². The molecule has 1 heterocycles. The zero-order valence-corrected chi connectivity index (χ0v) is 8.51. The predicted octanol–water partition coefficient (Wildman–Crippen LogP) is 0.562. The molecule has 0 saturated carbocycles. The summed E-state index contributed by atoms with van der Waals surface area (Å²) in [5, 5.41) is 11.2. The van der Waals surface area contributed by atoms with Gasteiger partial charge in [-0.1, -0.05) is 0 Å². The molecule has 0 aliphatic carbocycles. The lowest BCUT2D eigenvalue weighted by atomic mass is 10.2. The maximum Gasteiger partial charge on any atom is 0.153 e. The highest BCUT2D eigenvalue weighted by molar-refractivity contribution is 5.56. The largest absolute Gasteiger partial charge is 0.494 e. The van der Waals surface area contributed by atoms with Crippen molar-refractivity contribution in [1.82, 2.24) is 20.2 Å². The molecule has 0 aliphatic rings. The van der Waals surface area contributed by atoms with Crippen molar-refractivity contribution >= 4 is 5.69 Å². The summed E-state index contributed by atoms with van der Waals surface area (Å²) in [5.41, 5.74) is 7.08. The first-order valence-electron chi connectivity index (χ1n) is 4.41. The Bertz CT molecular complexity index is 479. The highest BCUT2D eigenvalue weighted by atomic mass is 16.5. The van der Waals surface area contributed by atoms with E-state index in [9.17, 15) is 0 Å². The van der Waals surface area contributed by atoms with Gasteiger partial charge in [-0.3, -0.25) is 0 Å². The van der Waals surface area contributed by atoms with Crippen LogP contribution in [0.15, 0.2) is 18.2 Å². The van der Waals surface area contributed by atoms with Crippen molar-refractivity contribution in [2.45, 2.75) is 6.92 Å². The standard InChI is InChI=1S/C9H11N5O/c1-6-11-12-13-14(6)8-5-7(10)3-4-9(8)15-2/h3-5H,10H2,1-2H3. The minimum atomic E-state index is 0.640. The Morgan fingerprint density at radius 1 is 1.40 bits per heavy atom. The molecular weight excluding hydrogens is 194 g/mol. The second-order valence-electron chi connectivity index (χ2n) is 3.07. The van der Waals surface area contributed by atoms with Crippen LogP contribution in [-0.4, -0.2) is 27.3 Å². The van der Waals surface area contributed by atoms with Crippen LogP contribution in [0, 0.1) is 6.92 Å². The summed E-state index contributed by atoms with van der Waals surface area (Å²) in [7, 11) is 1.59. The van der Waals surface area contributed by atoms with Crippen molar-refractivity contribution in [3.8, 4) is 11.4 Å². The molecular formula is C9H11N5O. The smallest absolute Gasteiger partial charge is 0.153 e. The van der Waals surface area contributed by atoms with Crippen molar-refractivity contribution in [3.63, 3.8) is 0 Å². The SMILES string of the molecule is COc1ccc(N)cc1-n1nnnc1C. The van der Waals surface area contributed by atoms with Gasteiger partial charge in [0.15, 0.2) is 5.82 Å². The number of aryl methyl sites for hydroxylation is 1. The Morgan fingerprint density at radius 3 is 2.80 bits per heavy atom. The maximum absolute atomic E-state index is 5.70. The van der Waals surface area contributed by atoms with E-state index in [1.165, 1.54) is 0 Å². The number of nitrogens with zero attached hydrogens (tertiary/aromatic N) is 4. The van der Waals surface area contributed by atoms with Gasteiger partial charge in [0.2, 0.25) is 0 Å². The first kappa shape index (κ1) is 9.45. The van der Waals surface area contributed by atoms with Crippen molar-refractivity contribution in [2.75, 3.05) is 12.8 Å². The zero-order chi connectivity index (χ0) is 10.8. The Hall–Kier alpha value is -2.11. The van der Waals surface area contributed by atoms with E-state index < -0.39 is 0 Å². The minimum absolute atomic E-state index is 0.640. The van der Waals surface area contributed by atoms with Crippen LogP contribution in [0.25, 0.3) is 5.69 Å². The molecule has 0 spiro atoms. The molecule has 15 heavy (non-hydrogen) atoms. The summed E-state index contributed by atoms with van der Waals surface area (Å²) in [5.74, 6) is 1.36. The molecule has 0 saturated heterocycles. The molecule has 0 amide bonds. The Kier molecular flexibility index (Phi) is 2.24. The monoisotopic (exact) mass is 205 g/mol. The molecule has 0 radical (unpaired) electrons. The number of anilines is 1. The second-order valence-corrected chi connectivity index (χ2v) is 3.07. The van der Waals surface area contributed by atoms with Gasteiger partial charge in [0.05, 0.1) is 7.11 Å². The number of hydrogen-bond donors (Lipinski definition) is 1. The quantitative estimate of drug-likeness (QED) is 0.725. The predicted molar refractivity (Wildman–Crippen MR) is 54.9 cm³/mol. The van der Waals surface area contributed by atoms with E-state index >= 15 is 0 Å². The van der Waals surface area contributed by atoms with E-state index in [0.29, 0.717) is 17.3 Å². The summed E-state index contributed by atoms with van der Waals surface area (Å²) in [4.78, 5) is 0. The fourth-order valence-corrected chi connectivity index (χ4v) is 1.33. The third kappa shape index (κ3) is 1.61. The maximum atomic E-state index is 5.70. The molecule has 6 nitrogen and oxygen atoms in total. The summed E-state index contributed by atoms with van der Waals surface area (Å²) in [6.45, 7) is 1.81. The number of nitrogen functional groups attached to an aromatic ring is 1. The molecule has 2 aromatic rings. The van der Waals surface area contributed by atoms with Crippen LogP contribution in [0.3, 0.4) is 0 Å². The summed E-state index contributed by atoms with van der Waals surface area (Å²) in [6, 6.07) is 5.32. The van der Waals surface area contributed by atoms with Crippen molar-refractivity contribution in [1.29, 1.82) is 0 Å². The van der Waals surface area contributed by atoms with Crippen LogP contribution in [0.4, 0.5) is 5.69 Å². The number of ether oxygens (including phenoxy) is 1. The van der Waals surface area contributed by atoms with E-state index in [0.717, 1.165) is 5.69 Å². The third-order valence-corrected chi connectivity index (χ3v) is 2.06. The first-order chi connectivity index (χ1) is 7.22. The highest BCUT2D eigenvalue weighted by Crippen LogP contribution is 2.24. The van der Waals surface area contributed by atoms with Crippen LogP contribution in [0.5, 0.6) is 5.75 Å². The molecule has 78 valence electrons. The van der Waals surface area contributed by atoms with E-state index in [2.05, 4.69) is 15.5 Å². The fourth-order valence-electron chi connectivity index (χ4n) is 1.33. The van der Waals surface area contributed by atoms with Crippen LogP contribution >= 0.6 is 0 Å². The highest BCUT2D eigenvalue weighted by Gasteiger charge is 2.09. The summed E-state index contributed by atoms with van der Waals surface area (Å²) in [6.07, 6.45) is 0. The average molecular weight is 205 g/mol. The van der Waals surface area contributed by atoms with Gasteiger partial charge in [0, 0.05) is 5.69 Å². The molecule has 6 heteroatoms. The van der Waals surface area contributed by atoms with Gasteiger partial charge in [-0.15, -0.1) is 5.10 Å². The molecule has 1 aromatic heterocycles. The van der Waals surface area contributed by atoms with Crippen LogP contribution in [0.1, 0.15) is 5.82 Å². The van der Waals surface area contributed by atoms with Crippen molar-refractivity contribution in [3.05, 3.63) is 24.0 Å². The number of tetrazole rings is 1. The van der Waals surface area contributed by atoms with E-state index in [4.69, 9.17) is 10.5 Å². The lowest BCUT2D eigenvalue weighted by Gasteiger charge is -2.08. The fraction of sp³-hybridized carbons (Fsp3) is 0.222. The Morgan fingerprint density at radius 2 is 2.20 bits per heavy atom. The molecule has 1 aromatic carbocycles. The van der Waals surface area contributed by atoms with Gasteiger partial charge in [-0.25, -0.2) is 0 Å². The topological polar surface area (TPSA) is 78.9 Å². The van der Waals surface area contributed by atoms with Gasteiger partial charge < -0.3 is 10.5 Å². The summed E-state index contributed by atoms with van der Waals surface area (Å²) >= 11 is 0. The van der Waals surface area contributed by atoms with Gasteiger partial charge in [-0.2, -0.15) is 4.68 Å². The number of hydrogen-bond acceptors (Lipinski definition) is 5. The molecule has 0 atom stereocenters. The van der Waals surface area contributed by atoms with Crippen LogP contribution in [-0.2, 0) is 0 Å². The van der Waals surface area contributed by atoms with Crippen LogP contribution < -0.4 is 10.5 Å². The zero-order valence-electron chi connectivity index (χ0n) is 8.51. The number of aromatic nitrogens is 4. The number of rotatable bonds is 2.